The zero-order valence-electron chi connectivity index (χ0n) is 9.77. The van der Waals surface area contributed by atoms with Crippen LogP contribution in [-0.4, -0.2) is 10.8 Å². The summed E-state index contributed by atoms with van der Waals surface area (Å²) in [6.07, 6.45) is 4.24. The molecule has 1 heterocycles. The summed E-state index contributed by atoms with van der Waals surface area (Å²) in [5, 5.41) is 0. The van der Waals surface area contributed by atoms with Crippen molar-refractivity contribution in [2.75, 3.05) is 5.73 Å². The number of aromatic nitrogens is 1. The Hall–Kier alpha value is -1.68. The average Bonchev–Trinajstić information content (AvgIpc) is 2.32. The molecule has 0 fully saturated rings. The number of benzene rings is 1. The molecule has 1 aromatic carbocycles. The van der Waals surface area contributed by atoms with Crippen molar-refractivity contribution in [3.05, 3.63) is 58.3 Å². The van der Waals surface area contributed by atoms with Crippen LogP contribution in [0.1, 0.15) is 11.1 Å². The molecule has 4 heteroatoms. The third kappa shape index (κ3) is 3.67. The molecule has 0 amide bonds. The van der Waals surface area contributed by atoms with Crippen LogP contribution in [0.25, 0.3) is 0 Å². The SMILES string of the molecule is Nc1ccc(CC(=O)Cc2cncc(Br)c2)cc1. The average molecular weight is 305 g/mol. The van der Waals surface area contributed by atoms with Gasteiger partial charge in [-0.1, -0.05) is 12.1 Å². The fourth-order valence-electron chi connectivity index (χ4n) is 1.71. The fraction of sp³-hybridized carbons (Fsp3) is 0.143. The number of anilines is 1. The van der Waals surface area contributed by atoms with Gasteiger partial charge in [-0.05, 0) is 45.3 Å². The number of pyridine rings is 1. The van der Waals surface area contributed by atoms with Gasteiger partial charge in [0.15, 0.2) is 0 Å². The summed E-state index contributed by atoms with van der Waals surface area (Å²) in [4.78, 5) is 15.9. The number of rotatable bonds is 4. The highest BCUT2D eigenvalue weighted by Gasteiger charge is 2.06. The molecule has 2 aromatic rings. The van der Waals surface area contributed by atoms with Crippen molar-refractivity contribution in [2.45, 2.75) is 12.8 Å². The van der Waals surface area contributed by atoms with Crippen molar-refractivity contribution in [3.63, 3.8) is 0 Å². The molecule has 3 nitrogen and oxygen atoms in total. The molecule has 18 heavy (non-hydrogen) atoms. The molecule has 0 unspecified atom stereocenters. The molecule has 2 N–H and O–H groups in total. The van der Waals surface area contributed by atoms with Gasteiger partial charge in [0.25, 0.3) is 0 Å². The van der Waals surface area contributed by atoms with E-state index in [1.165, 1.54) is 0 Å². The number of ketones is 1. The van der Waals surface area contributed by atoms with E-state index in [-0.39, 0.29) is 5.78 Å². The monoisotopic (exact) mass is 304 g/mol. The topological polar surface area (TPSA) is 56.0 Å². The Morgan fingerprint density at radius 3 is 2.44 bits per heavy atom. The molecule has 0 aliphatic rings. The Morgan fingerprint density at radius 1 is 1.11 bits per heavy atom. The van der Waals surface area contributed by atoms with Crippen LogP contribution in [0.5, 0.6) is 0 Å². The van der Waals surface area contributed by atoms with E-state index in [2.05, 4.69) is 20.9 Å². The minimum atomic E-state index is 0.166. The molecule has 0 atom stereocenters. The quantitative estimate of drug-likeness (QED) is 0.884. The van der Waals surface area contributed by atoms with Gasteiger partial charge in [0, 0.05) is 35.4 Å². The maximum Gasteiger partial charge on any atom is 0.141 e. The fourth-order valence-corrected chi connectivity index (χ4v) is 2.12. The zero-order valence-corrected chi connectivity index (χ0v) is 11.4. The molecular weight excluding hydrogens is 292 g/mol. The van der Waals surface area contributed by atoms with Crippen molar-refractivity contribution < 1.29 is 4.79 Å². The van der Waals surface area contributed by atoms with Crippen LogP contribution in [0.3, 0.4) is 0 Å². The highest BCUT2D eigenvalue weighted by atomic mass is 79.9. The van der Waals surface area contributed by atoms with E-state index < -0.39 is 0 Å². The largest absolute Gasteiger partial charge is 0.399 e. The lowest BCUT2D eigenvalue weighted by molar-refractivity contribution is -0.117. The number of carbonyl (C=O) groups is 1. The van der Waals surface area contributed by atoms with E-state index in [9.17, 15) is 4.79 Å². The van der Waals surface area contributed by atoms with Gasteiger partial charge >= 0.3 is 0 Å². The molecule has 92 valence electrons. The maximum absolute atomic E-state index is 11.9. The lowest BCUT2D eigenvalue weighted by Gasteiger charge is -2.02. The summed E-state index contributed by atoms with van der Waals surface area (Å²) < 4.78 is 0.889. The second kappa shape index (κ2) is 5.78. The van der Waals surface area contributed by atoms with Crippen molar-refractivity contribution in [2.24, 2.45) is 0 Å². The van der Waals surface area contributed by atoms with Gasteiger partial charge in [-0.3, -0.25) is 9.78 Å². The standard InChI is InChI=1S/C14H13BrN2O/c15-12-5-11(8-17-9-12)7-14(18)6-10-1-3-13(16)4-2-10/h1-5,8-9H,6-7,16H2. The third-order valence-corrected chi connectivity index (χ3v) is 2.98. The Morgan fingerprint density at radius 2 is 1.78 bits per heavy atom. The lowest BCUT2D eigenvalue weighted by atomic mass is 10.0. The van der Waals surface area contributed by atoms with Gasteiger partial charge in [0.1, 0.15) is 5.78 Å². The molecule has 2 rings (SSSR count). The molecule has 0 saturated heterocycles. The van der Waals surface area contributed by atoms with Gasteiger partial charge in [-0.15, -0.1) is 0 Å². The number of halogens is 1. The number of Topliss-reactive ketones (excluding diaryl/α,β-unsaturated/α-hetero) is 1. The van der Waals surface area contributed by atoms with E-state index in [0.29, 0.717) is 18.5 Å². The predicted octanol–water partition coefficient (Wildman–Crippen LogP) is 2.78. The van der Waals surface area contributed by atoms with Gasteiger partial charge in [-0.25, -0.2) is 0 Å². The Bertz CT molecular complexity index is 552. The van der Waals surface area contributed by atoms with Crippen LogP contribution in [0.15, 0.2) is 47.2 Å². The number of carbonyl (C=O) groups excluding carboxylic acids is 1. The first-order valence-corrected chi connectivity index (χ1v) is 6.38. The lowest BCUT2D eigenvalue weighted by Crippen LogP contribution is -2.06. The zero-order chi connectivity index (χ0) is 13.0. The maximum atomic E-state index is 11.9. The summed E-state index contributed by atoms with van der Waals surface area (Å²) in [6.45, 7) is 0. The Balaban J connectivity index is 1.98. The van der Waals surface area contributed by atoms with Crippen LogP contribution in [-0.2, 0) is 17.6 Å². The van der Waals surface area contributed by atoms with Crippen LogP contribution in [0.2, 0.25) is 0 Å². The van der Waals surface area contributed by atoms with Gasteiger partial charge < -0.3 is 5.73 Å². The van der Waals surface area contributed by atoms with Crippen LogP contribution in [0, 0.1) is 0 Å². The molecule has 0 aliphatic heterocycles. The first-order valence-electron chi connectivity index (χ1n) is 5.59. The van der Waals surface area contributed by atoms with Crippen molar-refractivity contribution in [1.82, 2.24) is 4.98 Å². The summed E-state index contributed by atoms with van der Waals surface area (Å²) in [7, 11) is 0. The number of nitrogens with two attached hydrogens (primary N) is 1. The minimum absolute atomic E-state index is 0.166. The van der Waals surface area contributed by atoms with Crippen molar-refractivity contribution in [1.29, 1.82) is 0 Å². The smallest absolute Gasteiger partial charge is 0.141 e. The molecule has 0 aliphatic carbocycles. The van der Waals surface area contributed by atoms with Crippen LogP contribution in [0.4, 0.5) is 5.69 Å². The van der Waals surface area contributed by atoms with E-state index in [1.54, 1.807) is 12.4 Å². The number of hydrogen-bond donors (Lipinski definition) is 1. The summed E-state index contributed by atoms with van der Waals surface area (Å²) in [6, 6.07) is 9.29. The molecule has 1 aromatic heterocycles. The predicted molar refractivity (Wildman–Crippen MR) is 75.2 cm³/mol. The Kier molecular flexibility index (Phi) is 4.10. The molecule has 0 radical (unpaired) electrons. The highest BCUT2D eigenvalue weighted by Crippen LogP contribution is 2.12. The van der Waals surface area contributed by atoms with E-state index in [4.69, 9.17) is 5.73 Å². The van der Waals surface area contributed by atoms with Gasteiger partial charge in [0.2, 0.25) is 0 Å². The van der Waals surface area contributed by atoms with E-state index in [0.717, 1.165) is 15.6 Å². The van der Waals surface area contributed by atoms with Gasteiger partial charge in [0.05, 0.1) is 0 Å². The molecule has 0 bridgehead atoms. The summed E-state index contributed by atoms with van der Waals surface area (Å²) in [5.41, 5.74) is 8.21. The molecular formula is C14H13BrN2O. The van der Waals surface area contributed by atoms with E-state index in [1.807, 2.05) is 30.3 Å². The van der Waals surface area contributed by atoms with Crippen LogP contribution < -0.4 is 5.73 Å². The minimum Gasteiger partial charge on any atom is -0.399 e. The number of nitrogen functional groups attached to an aromatic ring is 1. The Labute approximate surface area is 114 Å². The normalized spacial score (nSPS) is 10.3. The highest BCUT2D eigenvalue weighted by molar-refractivity contribution is 9.10. The summed E-state index contributed by atoms with van der Waals surface area (Å²) >= 11 is 3.34. The number of nitrogens with zero attached hydrogens (tertiary/aromatic N) is 1. The van der Waals surface area contributed by atoms with Crippen LogP contribution >= 0.6 is 15.9 Å². The molecule has 0 spiro atoms. The summed E-state index contributed by atoms with van der Waals surface area (Å²) in [5.74, 6) is 0.166. The molecule has 0 saturated carbocycles. The van der Waals surface area contributed by atoms with Crippen molar-refractivity contribution >= 4 is 27.4 Å². The van der Waals surface area contributed by atoms with E-state index >= 15 is 0 Å². The first kappa shape index (κ1) is 12.8. The van der Waals surface area contributed by atoms with Crippen molar-refractivity contribution in [3.8, 4) is 0 Å². The number of hydrogen-bond acceptors (Lipinski definition) is 3. The van der Waals surface area contributed by atoms with Gasteiger partial charge in [-0.2, -0.15) is 0 Å². The second-order valence-electron chi connectivity index (χ2n) is 4.15. The first-order chi connectivity index (χ1) is 8.63. The third-order valence-electron chi connectivity index (χ3n) is 2.54. The second-order valence-corrected chi connectivity index (χ2v) is 5.06.